The van der Waals surface area contributed by atoms with Crippen LogP contribution in [0, 0.1) is 6.92 Å². The van der Waals surface area contributed by atoms with Gasteiger partial charge < -0.3 is 19.1 Å². The minimum atomic E-state index is -1.32. The van der Waals surface area contributed by atoms with E-state index >= 15 is 0 Å². The Bertz CT molecular complexity index is 1010. The minimum Gasteiger partial charge on any atom is -0.550 e. The van der Waals surface area contributed by atoms with Gasteiger partial charge in [0.05, 0.1) is 0 Å². The monoisotopic (exact) mass is 401 g/mol. The number of rotatable bonds is 5. The first-order chi connectivity index (χ1) is 12.0. The summed E-state index contributed by atoms with van der Waals surface area (Å²) in [5.41, 5.74) is 1.36. The normalized spacial score (nSPS) is 10.8. The first kappa shape index (κ1) is 17.2. The van der Waals surface area contributed by atoms with Crippen molar-refractivity contribution in [1.29, 1.82) is 0 Å². The van der Waals surface area contributed by atoms with Gasteiger partial charge in [0, 0.05) is 39.4 Å². The van der Waals surface area contributed by atoms with Crippen molar-refractivity contribution >= 4 is 32.9 Å². The fourth-order valence-corrected chi connectivity index (χ4v) is 2.99. The second-order valence-corrected chi connectivity index (χ2v) is 6.43. The van der Waals surface area contributed by atoms with Gasteiger partial charge in [-0.3, -0.25) is 0 Å². The van der Waals surface area contributed by atoms with Crippen molar-refractivity contribution in [2.24, 2.45) is 0 Å². The van der Waals surface area contributed by atoms with Crippen LogP contribution in [0.5, 0.6) is 5.75 Å². The maximum atomic E-state index is 12.0. The van der Waals surface area contributed by atoms with Crippen LogP contribution in [-0.4, -0.2) is 5.97 Å². The maximum absolute atomic E-state index is 12.0. The molecule has 3 rings (SSSR count). The molecule has 0 bridgehead atoms. The Balaban J connectivity index is 1.91. The number of halogens is 1. The molecular weight excluding hydrogens is 388 g/mol. The van der Waals surface area contributed by atoms with Gasteiger partial charge in [0.1, 0.15) is 17.9 Å². The fraction of sp³-hybridized carbons (Fsp3) is 0.158. The van der Waals surface area contributed by atoms with Crippen molar-refractivity contribution < 1.29 is 19.1 Å². The van der Waals surface area contributed by atoms with Crippen molar-refractivity contribution in [2.45, 2.75) is 20.0 Å². The van der Waals surface area contributed by atoms with E-state index in [2.05, 4.69) is 15.9 Å². The molecule has 2 aromatic carbocycles. The van der Waals surface area contributed by atoms with E-state index in [1.54, 1.807) is 25.1 Å². The van der Waals surface area contributed by atoms with Crippen LogP contribution in [0.25, 0.3) is 11.0 Å². The number of carboxylic acids is 1. The summed E-state index contributed by atoms with van der Waals surface area (Å²) >= 11 is 3.46. The Labute approximate surface area is 152 Å². The third-order valence-corrected chi connectivity index (χ3v) is 4.71. The first-order valence-electron chi connectivity index (χ1n) is 7.58. The van der Waals surface area contributed by atoms with E-state index in [1.165, 1.54) is 0 Å². The van der Waals surface area contributed by atoms with E-state index < -0.39 is 18.0 Å². The molecule has 0 radical (unpaired) electrons. The van der Waals surface area contributed by atoms with Gasteiger partial charge in [-0.05, 0) is 30.7 Å². The average molecular weight is 402 g/mol. The number of fused-ring (bicyclic) bond motifs is 1. The molecule has 0 spiro atoms. The highest BCUT2D eigenvalue weighted by molar-refractivity contribution is 9.10. The highest BCUT2D eigenvalue weighted by atomic mass is 79.9. The maximum Gasteiger partial charge on any atom is 0.340 e. The molecule has 25 heavy (non-hydrogen) atoms. The summed E-state index contributed by atoms with van der Waals surface area (Å²) in [6.45, 7) is 2.05. The average Bonchev–Trinajstić information content (AvgIpc) is 2.57. The molecular formula is C19H14BrO5-. The molecule has 0 fully saturated rings. The van der Waals surface area contributed by atoms with Crippen LogP contribution in [0.3, 0.4) is 0 Å². The van der Waals surface area contributed by atoms with Crippen LogP contribution in [0.2, 0.25) is 0 Å². The quantitative estimate of drug-likeness (QED) is 0.614. The van der Waals surface area contributed by atoms with Crippen molar-refractivity contribution in [3.63, 3.8) is 0 Å². The number of aryl methyl sites for hydroxylation is 1. The van der Waals surface area contributed by atoms with Crippen molar-refractivity contribution in [3.8, 4) is 5.75 Å². The Morgan fingerprint density at radius 1 is 1.24 bits per heavy atom. The molecule has 0 amide bonds. The van der Waals surface area contributed by atoms with Gasteiger partial charge in [0.2, 0.25) is 0 Å². The highest BCUT2D eigenvalue weighted by Crippen LogP contribution is 2.25. The Hall–Kier alpha value is -2.60. The van der Waals surface area contributed by atoms with Crippen LogP contribution < -0.4 is 15.5 Å². The van der Waals surface area contributed by atoms with Gasteiger partial charge in [0.25, 0.3) is 0 Å². The van der Waals surface area contributed by atoms with E-state index in [9.17, 15) is 14.7 Å². The largest absolute Gasteiger partial charge is 0.550 e. The second-order valence-electron chi connectivity index (χ2n) is 5.58. The standard InChI is InChI=1S/C19H15BrO5/c1-11-14-7-6-13(24-10-12-4-2-3-5-16(12)20)8-17(14)25-19(23)15(11)9-18(21)22/h2-8H,9-10H2,1H3,(H,21,22)/p-1. The number of ether oxygens (including phenoxy) is 1. The van der Waals surface area contributed by atoms with Crippen LogP contribution >= 0.6 is 15.9 Å². The molecule has 0 unspecified atom stereocenters. The van der Waals surface area contributed by atoms with Crippen molar-refractivity contribution in [3.05, 3.63) is 74.0 Å². The zero-order valence-electron chi connectivity index (χ0n) is 13.4. The van der Waals surface area contributed by atoms with E-state index in [0.29, 0.717) is 28.9 Å². The van der Waals surface area contributed by atoms with E-state index in [-0.39, 0.29) is 5.56 Å². The third-order valence-electron chi connectivity index (χ3n) is 3.93. The zero-order chi connectivity index (χ0) is 18.0. The Morgan fingerprint density at radius 3 is 2.72 bits per heavy atom. The number of aliphatic carboxylic acids is 1. The molecule has 1 heterocycles. The van der Waals surface area contributed by atoms with Gasteiger partial charge in [0.15, 0.2) is 0 Å². The molecule has 0 aliphatic heterocycles. The molecule has 0 saturated carbocycles. The van der Waals surface area contributed by atoms with Gasteiger partial charge in [-0.1, -0.05) is 34.1 Å². The van der Waals surface area contributed by atoms with Crippen molar-refractivity contribution in [2.75, 3.05) is 0 Å². The lowest BCUT2D eigenvalue weighted by Gasteiger charge is -2.11. The summed E-state index contributed by atoms with van der Waals surface area (Å²) in [7, 11) is 0. The molecule has 3 aromatic rings. The summed E-state index contributed by atoms with van der Waals surface area (Å²) in [6.07, 6.45) is -0.468. The zero-order valence-corrected chi connectivity index (χ0v) is 15.0. The third kappa shape index (κ3) is 3.74. The van der Waals surface area contributed by atoms with Crippen molar-refractivity contribution in [1.82, 2.24) is 0 Å². The lowest BCUT2D eigenvalue weighted by Crippen LogP contribution is -2.27. The van der Waals surface area contributed by atoms with E-state index in [4.69, 9.17) is 9.15 Å². The molecule has 1 aromatic heterocycles. The first-order valence-corrected chi connectivity index (χ1v) is 8.37. The number of carboxylic acid groups (broad SMARTS) is 1. The SMILES string of the molecule is Cc1c(CC(=O)[O-])c(=O)oc2cc(OCc3ccccc3Br)ccc12. The summed E-state index contributed by atoms with van der Waals surface area (Å²) in [6, 6.07) is 12.9. The Morgan fingerprint density at radius 2 is 2.00 bits per heavy atom. The minimum absolute atomic E-state index is 0.106. The molecule has 0 saturated heterocycles. The van der Waals surface area contributed by atoms with Crippen LogP contribution in [0.15, 0.2) is 56.1 Å². The molecule has 6 heteroatoms. The molecule has 0 aliphatic rings. The Kier molecular flexibility index (Phi) is 4.90. The summed E-state index contributed by atoms with van der Waals surface area (Å²) in [5, 5.41) is 11.5. The van der Waals surface area contributed by atoms with Crippen LogP contribution in [-0.2, 0) is 17.8 Å². The predicted molar refractivity (Wildman–Crippen MR) is 94.4 cm³/mol. The number of benzene rings is 2. The number of hydrogen-bond donors (Lipinski definition) is 0. The summed E-state index contributed by atoms with van der Waals surface area (Å²) < 4.78 is 12.0. The molecule has 0 N–H and O–H groups in total. The summed E-state index contributed by atoms with van der Waals surface area (Å²) in [4.78, 5) is 22.8. The molecule has 128 valence electrons. The van der Waals surface area contributed by atoms with E-state index in [1.807, 2.05) is 24.3 Å². The van der Waals surface area contributed by atoms with Crippen LogP contribution in [0.4, 0.5) is 0 Å². The van der Waals surface area contributed by atoms with E-state index in [0.717, 1.165) is 10.0 Å². The topological polar surface area (TPSA) is 79.6 Å². The molecule has 5 nitrogen and oxygen atoms in total. The van der Waals surface area contributed by atoms with Gasteiger partial charge in [-0.2, -0.15) is 0 Å². The second kappa shape index (κ2) is 7.11. The van der Waals surface area contributed by atoms with Gasteiger partial charge in [-0.15, -0.1) is 0 Å². The molecule has 0 atom stereocenters. The number of carbonyl (C=O) groups is 1. The lowest BCUT2D eigenvalue weighted by atomic mass is 10.0. The molecule has 0 aliphatic carbocycles. The van der Waals surface area contributed by atoms with Gasteiger partial charge >= 0.3 is 5.63 Å². The number of hydrogen-bond acceptors (Lipinski definition) is 5. The fourth-order valence-electron chi connectivity index (χ4n) is 2.59. The smallest absolute Gasteiger partial charge is 0.340 e. The lowest BCUT2D eigenvalue weighted by molar-refractivity contribution is -0.304. The van der Waals surface area contributed by atoms with Crippen LogP contribution in [0.1, 0.15) is 16.7 Å². The highest BCUT2D eigenvalue weighted by Gasteiger charge is 2.12. The predicted octanol–water partition coefficient (Wildman–Crippen LogP) is 2.74. The van der Waals surface area contributed by atoms with Gasteiger partial charge in [-0.25, -0.2) is 4.79 Å². The summed E-state index contributed by atoms with van der Waals surface area (Å²) in [5.74, 6) is -0.762. The number of carbonyl (C=O) groups excluding carboxylic acids is 1.